The van der Waals surface area contributed by atoms with Gasteiger partial charge in [-0.25, -0.2) is 19.9 Å². The van der Waals surface area contributed by atoms with Crippen molar-refractivity contribution in [2.75, 3.05) is 19.0 Å². The lowest BCUT2D eigenvalue weighted by molar-refractivity contribution is 0.240. The molecular weight excluding hydrogens is 512 g/mol. The molecule has 4 aromatic heterocycles. The van der Waals surface area contributed by atoms with Gasteiger partial charge in [-0.1, -0.05) is 24.1 Å². The maximum Gasteiger partial charge on any atom is 0.219 e. The van der Waals surface area contributed by atoms with E-state index in [1.165, 1.54) is 0 Å². The first-order chi connectivity index (χ1) is 20.1. The van der Waals surface area contributed by atoms with Crippen LogP contribution in [0.2, 0.25) is 0 Å². The third kappa shape index (κ3) is 4.42. The van der Waals surface area contributed by atoms with Crippen LogP contribution < -0.4 is 10.1 Å². The molecule has 2 aromatic carbocycles. The second-order valence-electron chi connectivity index (χ2n) is 9.93. The highest BCUT2D eigenvalue weighted by molar-refractivity contribution is 6.10. The number of aryl methyl sites for hydroxylation is 2. The number of fused-ring (bicyclic) bond motifs is 3. The first kappa shape index (κ1) is 24.8. The molecule has 1 aliphatic heterocycles. The standard InChI is InChI=1S/C33H26N6O2/c1-20-6-4-8-28(37-20)41-25-12-13-26-23(17-25)18-34-32-30-29(26)31(39(2)33(30)36-19-35-32)22-10-14-27-21(16-22)9-11-24(38-27)7-5-15-40-3/h4,6,8-14,16-17,19H,15,18H2,1-3H3,(H,34,35,36). The fourth-order valence-corrected chi connectivity index (χ4v) is 5.43. The molecule has 0 fully saturated rings. The predicted octanol–water partition coefficient (Wildman–Crippen LogP) is 6.27. The monoisotopic (exact) mass is 538 g/mol. The summed E-state index contributed by atoms with van der Waals surface area (Å²) in [5.41, 5.74) is 8.81. The average molecular weight is 539 g/mol. The Bertz CT molecular complexity index is 2040. The van der Waals surface area contributed by atoms with Crippen molar-refractivity contribution in [2.24, 2.45) is 7.05 Å². The number of benzene rings is 2. The Morgan fingerprint density at radius 1 is 1.00 bits per heavy atom. The third-order valence-electron chi connectivity index (χ3n) is 7.24. The highest BCUT2D eigenvalue weighted by atomic mass is 16.5. The van der Waals surface area contributed by atoms with Gasteiger partial charge in [0.2, 0.25) is 5.88 Å². The van der Waals surface area contributed by atoms with Crippen LogP contribution in [-0.4, -0.2) is 38.2 Å². The summed E-state index contributed by atoms with van der Waals surface area (Å²) in [6.45, 7) is 2.93. The summed E-state index contributed by atoms with van der Waals surface area (Å²) >= 11 is 0. The van der Waals surface area contributed by atoms with Gasteiger partial charge in [0, 0.05) is 43.4 Å². The van der Waals surface area contributed by atoms with E-state index in [2.05, 4.69) is 74.1 Å². The van der Waals surface area contributed by atoms with Crippen molar-refractivity contribution in [1.82, 2.24) is 24.5 Å². The third-order valence-corrected chi connectivity index (χ3v) is 7.24. The van der Waals surface area contributed by atoms with Crippen molar-refractivity contribution in [3.63, 3.8) is 0 Å². The van der Waals surface area contributed by atoms with Crippen molar-refractivity contribution in [2.45, 2.75) is 13.5 Å². The summed E-state index contributed by atoms with van der Waals surface area (Å²) in [5, 5.41) is 5.56. The fraction of sp³-hybridized carbons (Fsp3) is 0.152. The summed E-state index contributed by atoms with van der Waals surface area (Å²) in [5.74, 6) is 8.14. The molecule has 0 unspecified atom stereocenters. The van der Waals surface area contributed by atoms with Crippen LogP contribution in [0.25, 0.3) is 44.3 Å². The highest BCUT2D eigenvalue weighted by Gasteiger charge is 2.26. The Balaban J connectivity index is 1.37. The number of anilines is 1. The molecule has 1 aliphatic rings. The van der Waals surface area contributed by atoms with Crippen molar-refractivity contribution in [1.29, 1.82) is 0 Å². The number of hydrogen-bond donors (Lipinski definition) is 1. The minimum absolute atomic E-state index is 0.375. The van der Waals surface area contributed by atoms with Gasteiger partial charge in [-0.2, -0.15) is 0 Å². The minimum Gasteiger partial charge on any atom is -0.439 e. The molecule has 0 aliphatic carbocycles. The second kappa shape index (κ2) is 10.0. The lowest BCUT2D eigenvalue weighted by Crippen LogP contribution is -2.03. The van der Waals surface area contributed by atoms with Gasteiger partial charge in [-0.05, 0) is 72.0 Å². The molecule has 200 valence electrons. The highest BCUT2D eigenvalue weighted by Crippen LogP contribution is 2.46. The molecule has 0 bridgehead atoms. The minimum atomic E-state index is 0.375. The number of ether oxygens (including phenoxy) is 2. The quantitative estimate of drug-likeness (QED) is 0.265. The van der Waals surface area contributed by atoms with Crippen molar-refractivity contribution < 1.29 is 9.47 Å². The summed E-state index contributed by atoms with van der Waals surface area (Å²) < 4.78 is 13.3. The number of nitrogens with zero attached hydrogens (tertiary/aromatic N) is 5. The maximum atomic E-state index is 6.13. The van der Waals surface area contributed by atoms with Crippen LogP contribution in [0.1, 0.15) is 17.0 Å². The van der Waals surface area contributed by atoms with E-state index >= 15 is 0 Å². The van der Waals surface area contributed by atoms with Crippen molar-refractivity contribution in [3.05, 3.63) is 90.0 Å². The summed E-state index contributed by atoms with van der Waals surface area (Å²) in [6, 6.07) is 22.3. The van der Waals surface area contributed by atoms with Gasteiger partial charge in [-0.15, -0.1) is 0 Å². The van der Waals surface area contributed by atoms with Gasteiger partial charge in [0.05, 0.1) is 16.6 Å². The molecule has 0 radical (unpaired) electrons. The number of pyridine rings is 2. The zero-order chi connectivity index (χ0) is 27.9. The van der Waals surface area contributed by atoms with Crippen LogP contribution in [0.15, 0.2) is 73.1 Å². The molecule has 0 amide bonds. The smallest absolute Gasteiger partial charge is 0.219 e. The first-order valence-corrected chi connectivity index (χ1v) is 13.3. The Hall–Kier alpha value is -5.26. The summed E-state index contributed by atoms with van der Waals surface area (Å²) in [6.07, 6.45) is 1.61. The number of nitrogens with one attached hydrogen (secondary N) is 1. The van der Waals surface area contributed by atoms with Crippen LogP contribution in [0, 0.1) is 18.8 Å². The largest absolute Gasteiger partial charge is 0.439 e. The van der Waals surface area contributed by atoms with Gasteiger partial charge in [0.25, 0.3) is 0 Å². The van der Waals surface area contributed by atoms with E-state index in [0.717, 1.165) is 72.8 Å². The Morgan fingerprint density at radius 2 is 1.93 bits per heavy atom. The van der Waals surface area contributed by atoms with Crippen molar-refractivity contribution in [3.8, 4) is 45.9 Å². The predicted molar refractivity (Wildman–Crippen MR) is 160 cm³/mol. The molecule has 0 saturated heterocycles. The van der Waals surface area contributed by atoms with E-state index in [1.807, 2.05) is 43.3 Å². The van der Waals surface area contributed by atoms with Crippen LogP contribution in [-0.2, 0) is 18.3 Å². The lowest BCUT2D eigenvalue weighted by Gasteiger charge is -2.14. The maximum absolute atomic E-state index is 6.13. The van der Waals surface area contributed by atoms with E-state index in [1.54, 1.807) is 13.4 Å². The SMILES string of the molecule is COCC#Cc1ccc2cc(-c3c4c5c(ncnc5n3C)NCc3cc(Oc5cccc(C)n5)ccc3-4)ccc2n1. The zero-order valence-corrected chi connectivity index (χ0v) is 22.9. The second-order valence-corrected chi connectivity index (χ2v) is 9.93. The number of rotatable bonds is 4. The average Bonchev–Trinajstić information content (AvgIpc) is 3.18. The molecule has 1 N–H and O–H groups in total. The molecule has 8 nitrogen and oxygen atoms in total. The number of hydrogen-bond acceptors (Lipinski definition) is 7. The fourth-order valence-electron chi connectivity index (χ4n) is 5.43. The molecule has 0 spiro atoms. The van der Waals surface area contributed by atoms with Gasteiger partial charge < -0.3 is 19.4 Å². The zero-order valence-electron chi connectivity index (χ0n) is 22.9. The lowest BCUT2D eigenvalue weighted by atomic mass is 9.95. The number of aromatic nitrogens is 5. The van der Waals surface area contributed by atoms with Crippen LogP contribution in [0.3, 0.4) is 0 Å². The molecule has 8 heteroatoms. The number of methoxy groups -OCH3 is 1. The van der Waals surface area contributed by atoms with Crippen LogP contribution >= 0.6 is 0 Å². The van der Waals surface area contributed by atoms with Crippen LogP contribution in [0.4, 0.5) is 5.82 Å². The molecule has 41 heavy (non-hydrogen) atoms. The summed E-state index contributed by atoms with van der Waals surface area (Å²) in [4.78, 5) is 18.5. The van der Waals surface area contributed by atoms with Gasteiger partial charge in [0.15, 0.2) is 0 Å². The molecule has 0 saturated carbocycles. The topological polar surface area (TPSA) is 87.0 Å². The Kier molecular flexibility index (Phi) is 6.07. The van der Waals surface area contributed by atoms with Crippen molar-refractivity contribution >= 4 is 27.8 Å². The van der Waals surface area contributed by atoms with Gasteiger partial charge in [0.1, 0.15) is 35.8 Å². The molecule has 7 rings (SSSR count). The van der Waals surface area contributed by atoms with E-state index in [4.69, 9.17) is 14.5 Å². The van der Waals surface area contributed by atoms with Crippen LogP contribution in [0.5, 0.6) is 11.6 Å². The van der Waals surface area contributed by atoms with E-state index in [9.17, 15) is 0 Å². The Morgan fingerprint density at radius 3 is 2.80 bits per heavy atom. The molecule has 5 heterocycles. The molecule has 6 aromatic rings. The van der Waals surface area contributed by atoms with Gasteiger partial charge >= 0.3 is 0 Å². The first-order valence-electron chi connectivity index (χ1n) is 13.3. The normalized spacial score (nSPS) is 11.9. The molecular formula is C33H26N6O2. The molecule has 0 atom stereocenters. The van der Waals surface area contributed by atoms with Gasteiger partial charge in [-0.3, -0.25) is 0 Å². The summed E-state index contributed by atoms with van der Waals surface area (Å²) in [7, 11) is 3.68. The Labute approximate surface area is 237 Å². The van der Waals surface area contributed by atoms with E-state index in [0.29, 0.717) is 19.0 Å². The van der Waals surface area contributed by atoms with E-state index < -0.39 is 0 Å². The van der Waals surface area contributed by atoms with E-state index in [-0.39, 0.29) is 0 Å².